The topological polar surface area (TPSA) is 82.9 Å². The number of hydrogen-bond acceptors (Lipinski definition) is 5. The second-order valence-electron chi connectivity index (χ2n) is 7.03. The summed E-state index contributed by atoms with van der Waals surface area (Å²) in [6.07, 6.45) is 1.38. The van der Waals surface area contributed by atoms with Crippen molar-refractivity contribution in [3.8, 4) is 5.88 Å². The van der Waals surface area contributed by atoms with Gasteiger partial charge in [0.2, 0.25) is 5.88 Å². The van der Waals surface area contributed by atoms with Gasteiger partial charge in [0.15, 0.2) is 0 Å². The standard InChI is InChI=1S/C20H26N2O4/c1-3-9-20(13-23)12-22(10-8-17(20)24)19(25)15-11-18(26-2)21-16-7-5-4-6-14(15)16/h4-7,11,17,23-24H,3,8-10,12-13H2,1-2H3/t17-,20+/m1/s1. The minimum absolute atomic E-state index is 0.122. The fourth-order valence-electron chi connectivity index (χ4n) is 3.90. The highest BCUT2D eigenvalue weighted by Crippen LogP contribution is 2.36. The normalized spacial score (nSPS) is 23.2. The SMILES string of the molecule is CCC[C@@]1(CO)CN(C(=O)c2cc(OC)nc3ccccc23)CC[C@H]1O. The average molecular weight is 358 g/mol. The fraction of sp³-hybridized carbons (Fsp3) is 0.500. The number of nitrogens with zero attached hydrogens (tertiary/aromatic N) is 2. The van der Waals surface area contributed by atoms with Crippen molar-refractivity contribution in [3.63, 3.8) is 0 Å². The summed E-state index contributed by atoms with van der Waals surface area (Å²) in [5, 5.41) is 21.2. The molecule has 0 aliphatic carbocycles. The first kappa shape index (κ1) is 18.6. The maximum atomic E-state index is 13.3. The molecule has 1 saturated heterocycles. The van der Waals surface area contributed by atoms with Crippen LogP contribution in [0.5, 0.6) is 5.88 Å². The number of ether oxygens (including phenoxy) is 1. The largest absolute Gasteiger partial charge is 0.481 e. The van der Waals surface area contributed by atoms with Gasteiger partial charge in [-0.05, 0) is 18.9 Å². The quantitative estimate of drug-likeness (QED) is 0.856. The molecule has 1 aromatic carbocycles. The van der Waals surface area contributed by atoms with Gasteiger partial charge in [-0.1, -0.05) is 31.5 Å². The van der Waals surface area contributed by atoms with Crippen LogP contribution in [-0.2, 0) is 0 Å². The molecule has 1 aromatic heterocycles. The van der Waals surface area contributed by atoms with Crippen molar-refractivity contribution in [1.82, 2.24) is 9.88 Å². The van der Waals surface area contributed by atoms with E-state index >= 15 is 0 Å². The summed E-state index contributed by atoms with van der Waals surface area (Å²) in [7, 11) is 1.53. The highest BCUT2D eigenvalue weighted by Gasteiger charge is 2.43. The molecule has 0 unspecified atom stereocenters. The van der Waals surface area contributed by atoms with Crippen LogP contribution in [0.4, 0.5) is 0 Å². The molecule has 2 heterocycles. The van der Waals surface area contributed by atoms with Gasteiger partial charge in [-0.3, -0.25) is 4.79 Å². The number of fused-ring (bicyclic) bond motifs is 1. The molecule has 6 nitrogen and oxygen atoms in total. The molecule has 2 aromatic rings. The second kappa shape index (κ2) is 7.60. The molecule has 26 heavy (non-hydrogen) atoms. The highest BCUT2D eigenvalue weighted by atomic mass is 16.5. The Morgan fingerprint density at radius 1 is 1.42 bits per heavy atom. The van der Waals surface area contributed by atoms with Crippen LogP contribution in [0.1, 0.15) is 36.5 Å². The van der Waals surface area contributed by atoms with Gasteiger partial charge >= 0.3 is 0 Å². The number of rotatable bonds is 5. The molecule has 1 fully saturated rings. The summed E-state index contributed by atoms with van der Waals surface area (Å²) < 4.78 is 5.26. The number of aliphatic hydroxyl groups is 2. The number of carbonyl (C=O) groups excluding carboxylic acids is 1. The van der Waals surface area contributed by atoms with Crippen LogP contribution in [0.15, 0.2) is 30.3 Å². The van der Waals surface area contributed by atoms with Gasteiger partial charge in [0, 0.05) is 30.0 Å². The monoisotopic (exact) mass is 358 g/mol. The van der Waals surface area contributed by atoms with Gasteiger partial charge in [0.05, 0.1) is 30.9 Å². The highest BCUT2D eigenvalue weighted by molar-refractivity contribution is 6.06. The van der Waals surface area contributed by atoms with Crippen molar-refractivity contribution in [2.24, 2.45) is 5.41 Å². The number of aliphatic hydroxyl groups excluding tert-OH is 2. The van der Waals surface area contributed by atoms with Crippen LogP contribution in [-0.4, -0.2) is 58.9 Å². The molecule has 1 aliphatic rings. The van der Waals surface area contributed by atoms with E-state index in [1.807, 2.05) is 31.2 Å². The Morgan fingerprint density at radius 2 is 2.19 bits per heavy atom. The second-order valence-corrected chi connectivity index (χ2v) is 7.03. The number of aromatic nitrogens is 1. The Kier molecular flexibility index (Phi) is 5.44. The fourth-order valence-corrected chi connectivity index (χ4v) is 3.90. The molecule has 0 saturated carbocycles. The first-order valence-electron chi connectivity index (χ1n) is 9.06. The predicted molar refractivity (Wildman–Crippen MR) is 99.2 cm³/mol. The van der Waals surface area contributed by atoms with Gasteiger partial charge in [-0.25, -0.2) is 4.98 Å². The number of hydrogen-bond donors (Lipinski definition) is 2. The minimum atomic E-state index is -0.657. The van der Waals surface area contributed by atoms with Crippen LogP contribution in [0.25, 0.3) is 10.9 Å². The maximum Gasteiger partial charge on any atom is 0.254 e. The summed E-state index contributed by atoms with van der Waals surface area (Å²) in [4.78, 5) is 19.4. The van der Waals surface area contributed by atoms with Crippen molar-refractivity contribution in [2.75, 3.05) is 26.8 Å². The van der Waals surface area contributed by atoms with Gasteiger partial charge in [0.25, 0.3) is 5.91 Å². The minimum Gasteiger partial charge on any atom is -0.481 e. The van der Waals surface area contributed by atoms with E-state index in [0.717, 1.165) is 11.8 Å². The van der Waals surface area contributed by atoms with Crippen LogP contribution in [0.2, 0.25) is 0 Å². The third kappa shape index (κ3) is 3.27. The smallest absolute Gasteiger partial charge is 0.254 e. The van der Waals surface area contributed by atoms with E-state index < -0.39 is 11.5 Å². The molecule has 3 rings (SSSR count). The molecule has 6 heteroatoms. The van der Waals surface area contributed by atoms with Crippen LogP contribution < -0.4 is 4.74 Å². The summed E-state index contributed by atoms with van der Waals surface area (Å²) in [6, 6.07) is 9.14. The lowest BCUT2D eigenvalue weighted by Crippen LogP contribution is -2.55. The van der Waals surface area contributed by atoms with E-state index in [4.69, 9.17) is 4.74 Å². The van der Waals surface area contributed by atoms with Crippen molar-refractivity contribution in [2.45, 2.75) is 32.3 Å². The molecular formula is C20H26N2O4. The zero-order chi connectivity index (χ0) is 18.7. The summed E-state index contributed by atoms with van der Waals surface area (Å²) >= 11 is 0. The van der Waals surface area contributed by atoms with E-state index in [9.17, 15) is 15.0 Å². The molecule has 2 N–H and O–H groups in total. The molecule has 0 radical (unpaired) electrons. The Balaban J connectivity index is 1.98. The third-order valence-corrected chi connectivity index (χ3v) is 5.37. The summed E-state index contributed by atoms with van der Waals surface area (Å²) in [6.45, 7) is 2.69. The van der Waals surface area contributed by atoms with E-state index in [1.54, 1.807) is 11.0 Å². The molecule has 0 spiro atoms. The number of methoxy groups -OCH3 is 1. The van der Waals surface area contributed by atoms with E-state index in [2.05, 4.69) is 4.98 Å². The number of amides is 1. The number of pyridine rings is 1. The molecule has 140 valence electrons. The Bertz CT molecular complexity index is 794. The lowest BCUT2D eigenvalue weighted by molar-refractivity contribution is -0.0719. The van der Waals surface area contributed by atoms with Crippen LogP contribution in [0.3, 0.4) is 0 Å². The van der Waals surface area contributed by atoms with E-state index in [1.165, 1.54) is 7.11 Å². The van der Waals surface area contributed by atoms with E-state index in [0.29, 0.717) is 42.9 Å². The van der Waals surface area contributed by atoms with E-state index in [-0.39, 0.29) is 12.5 Å². The van der Waals surface area contributed by atoms with Gasteiger partial charge < -0.3 is 19.8 Å². The molecule has 1 aliphatic heterocycles. The van der Waals surface area contributed by atoms with Crippen molar-refractivity contribution in [1.29, 1.82) is 0 Å². The molecule has 1 amide bonds. The van der Waals surface area contributed by atoms with Gasteiger partial charge in [-0.2, -0.15) is 0 Å². The van der Waals surface area contributed by atoms with Crippen molar-refractivity contribution in [3.05, 3.63) is 35.9 Å². The summed E-state index contributed by atoms with van der Waals surface area (Å²) in [5.41, 5.74) is 0.580. The van der Waals surface area contributed by atoms with Crippen molar-refractivity contribution < 1.29 is 19.7 Å². The van der Waals surface area contributed by atoms with Crippen LogP contribution in [0, 0.1) is 5.41 Å². The van der Waals surface area contributed by atoms with Crippen LogP contribution >= 0.6 is 0 Å². The third-order valence-electron chi connectivity index (χ3n) is 5.37. The Labute approximate surface area is 153 Å². The number of piperidine rings is 1. The van der Waals surface area contributed by atoms with Crippen molar-refractivity contribution >= 4 is 16.8 Å². The van der Waals surface area contributed by atoms with Gasteiger partial charge in [0.1, 0.15) is 0 Å². The number of para-hydroxylation sites is 1. The molecule has 2 atom stereocenters. The lowest BCUT2D eigenvalue weighted by Gasteiger charge is -2.45. The zero-order valence-electron chi connectivity index (χ0n) is 15.3. The Hall–Kier alpha value is -2.18. The zero-order valence-corrected chi connectivity index (χ0v) is 15.3. The Morgan fingerprint density at radius 3 is 2.88 bits per heavy atom. The number of likely N-dealkylation sites (tertiary alicyclic amines) is 1. The predicted octanol–water partition coefficient (Wildman–Crippen LogP) is 2.23. The lowest BCUT2D eigenvalue weighted by atomic mass is 9.74. The summed E-state index contributed by atoms with van der Waals surface area (Å²) in [5.74, 6) is 0.272. The molecule has 0 bridgehead atoms. The maximum absolute atomic E-state index is 13.3. The van der Waals surface area contributed by atoms with Gasteiger partial charge in [-0.15, -0.1) is 0 Å². The first-order chi connectivity index (χ1) is 12.5. The number of carbonyl (C=O) groups is 1. The molecular weight excluding hydrogens is 332 g/mol. The first-order valence-corrected chi connectivity index (χ1v) is 9.06. The number of benzene rings is 1. The average Bonchev–Trinajstić information content (AvgIpc) is 2.68.